The first kappa shape index (κ1) is 29.8. The van der Waals surface area contributed by atoms with Crippen molar-refractivity contribution in [2.75, 3.05) is 7.05 Å². The van der Waals surface area contributed by atoms with Gasteiger partial charge in [0.1, 0.15) is 11.6 Å². The maximum absolute atomic E-state index is 13.5. The van der Waals surface area contributed by atoms with Gasteiger partial charge in [-0.15, -0.1) is 18.3 Å². The Labute approximate surface area is 240 Å². The Morgan fingerprint density at radius 3 is 2.16 bits per heavy atom. The standard InChI is InChI=1S/C27H20F6N6O3S/c1-16-36-25(26(28,29)30)15-38(16)22-11-8-19(18-4-3-5-21(12-18)43(40,41)34-2)13-23(22)39-24(14-35-37-39)17-6-9-20(10-7-17)42-27(31,32)33/h3-15,34H,1-2H3. The lowest BCUT2D eigenvalue weighted by molar-refractivity contribution is -0.274. The van der Waals surface area contributed by atoms with Crippen LogP contribution < -0.4 is 9.46 Å². The van der Waals surface area contributed by atoms with E-state index in [0.29, 0.717) is 16.7 Å². The summed E-state index contributed by atoms with van der Waals surface area (Å²) in [5, 5.41) is 8.04. The summed E-state index contributed by atoms with van der Waals surface area (Å²) in [5.41, 5.74) is 0.926. The molecule has 43 heavy (non-hydrogen) atoms. The van der Waals surface area contributed by atoms with E-state index in [0.717, 1.165) is 18.3 Å². The van der Waals surface area contributed by atoms with E-state index >= 15 is 0 Å². The predicted octanol–water partition coefficient (Wildman–Crippen LogP) is 5.92. The number of nitrogens with one attached hydrogen (secondary N) is 1. The monoisotopic (exact) mass is 622 g/mol. The summed E-state index contributed by atoms with van der Waals surface area (Å²) in [6.07, 6.45) is -7.44. The van der Waals surface area contributed by atoms with Gasteiger partial charge in [0.15, 0.2) is 5.69 Å². The Balaban J connectivity index is 1.68. The summed E-state index contributed by atoms with van der Waals surface area (Å²) in [4.78, 5) is 3.63. The number of benzene rings is 3. The van der Waals surface area contributed by atoms with E-state index in [9.17, 15) is 34.8 Å². The Bertz CT molecular complexity index is 1900. The van der Waals surface area contributed by atoms with Crippen LogP contribution in [0.15, 0.2) is 84.0 Å². The van der Waals surface area contributed by atoms with Gasteiger partial charge in [-0.1, -0.05) is 23.4 Å². The highest BCUT2D eigenvalue weighted by atomic mass is 32.2. The van der Waals surface area contributed by atoms with Crippen molar-refractivity contribution in [1.82, 2.24) is 29.3 Å². The van der Waals surface area contributed by atoms with Crippen LogP contribution in [0, 0.1) is 6.92 Å². The lowest BCUT2D eigenvalue weighted by atomic mass is 10.0. The van der Waals surface area contributed by atoms with Crippen LogP contribution in [0.5, 0.6) is 5.75 Å². The van der Waals surface area contributed by atoms with Crippen molar-refractivity contribution in [3.8, 4) is 39.5 Å². The fraction of sp³-hybridized carbons (Fsp3) is 0.148. The average molecular weight is 623 g/mol. The van der Waals surface area contributed by atoms with Crippen molar-refractivity contribution in [1.29, 1.82) is 0 Å². The molecule has 2 aromatic heterocycles. The molecule has 0 saturated carbocycles. The van der Waals surface area contributed by atoms with Gasteiger partial charge in [0.25, 0.3) is 0 Å². The van der Waals surface area contributed by atoms with E-state index < -0.39 is 34.0 Å². The van der Waals surface area contributed by atoms with Gasteiger partial charge in [0.2, 0.25) is 10.0 Å². The van der Waals surface area contributed by atoms with Crippen LogP contribution in [0.2, 0.25) is 0 Å². The second-order valence-corrected chi connectivity index (χ2v) is 11.0. The van der Waals surface area contributed by atoms with Crippen LogP contribution in [0.1, 0.15) is 11.5 Å². The molecule has 0 radical (unpaired) electrons. The third-order valence-electron chi connectivity index (χ3n) is 6.32. The molecule has 0 unspecified atom stereocenters. The number of sulfonamides is 1. The van der Waals surface area contributed by atoms with E-state index in [1.54, 1.807) is 18.2 Å². The minimum atomic E-state index is -4.89. The van der Waals surface area contributed by atoms with Crippen LogP contribution in [-0.4, -0.2) is 46.4 Å². The van der Waals surface area contributed by atoms with Gasteiger partial charge in [-0.3, -0.25) is 0 Å². The minimum absolute atomic E-state index is 0.0127. The third kappa shape index (κ3) is 6.24. The molecule has 224 valence electrons. The van der Waals surface area contributed by atoms with Gasteiger partial charge in [-0.05, 0) is 73.6 Å². The average Bonchev–Trinajstić information content (AvgIpc) is 3.59. The van der Waals surface area contributed by atoms with Crippen molar-refractivity contribution in [2.24, 2.45) is 0 Å². The molecule has 0 aliphatic rings. The van der Waals surface area contributed by atoms with Gasteiger partial charge in [0.05, 0.1) is 28.2 Å². The largest absolute Gasteiger partial charge is 0.573 e. The number of ether oxygens (including phenoxy) is 1. The van der Waals surface area contributed by atoms with Crippen molar-refractivity contribution in [2.45, 2.75) is 24.4 Å². The Morgan fingerprint density at radius 1 is 0.860 bits per heavy atom. The van der Waals surface area contributed by atoms with Crippen LogP contribution in [0.3, 0.4) is 0 Å². The van der Waals surface area contributed by atoms with Gasteiger partial charge in [-0.25, -0.2) is 22.8 Å². The van der Waals surface area contributed by atoms with Crippen LogP contribution in [-0.2, 0) is 16.2 Å². The van der Waals surface area contributed by atoms with E-state index in [-0.39, 0.29) is 27.8 Å². The van der Waals surface area contributed by atoms with Crippen molar-refractivity contribution in [3.05, 3.63) is 90.6 Å². The molecule has 0 spiro atoms. The molecule has 5 rings (SSSR count). The number of aromatic nitrogens is 5. The van der Waals surface area contributed by atoms with Crippen LogP contribution in [0.25, 0.3) is 33.8 Å². The summed E-state index contributed by atoms with van der Waals surface area (Å²) < 4.78 is 112. The highest BCUT2D eigenvalue weighted by molar-refractivity contribution is 7.89. The van der Waals surface area contributed by atoms with Crippen LogP contribution in [0.4, 0.5) is 26.3 Å². The maximum Gasteiger partial charge on any atom is 0.573 e. The Kier molecular flexibility index (Phi) is 7.52. The van der Waals surface area contributed by atoms with Crippen molar-refractivity contribution < 1.29 is 39.5 Å². The molecule has 0 aliphatic heterocycles. The molecule has 0 amide bonds. The molecule has 9 nitrogen and oxygen atoms in total. The summed E-state index contributed by atoms with van der Waals surface area (Å²) in [6.45, 7) is 1.39. The quantitative estimate of drug-likeness (QED) is 0.226. The molecular formula is C27H20F6N6O3S. The molecule has 5 aromatic rings. The number of halogens is 6. The number of hydrogen-bond acceptors (Lipinski definition) is 6. The van der Waals surface area contributed by atoms with Gasteiger partial charge >= 0.3 is 12.5 Å². The fourth-order valence-electron chi connectivity index (χ4n) is 4.33. The lowest BCUT2D eigenvalue weighted by Gasteiger charge is -2.16. The van der Waals surface area contributed by atoms with Crippen molar-refractivity contribution >= 4 is 10.0 Å². The smallest absolute Gasteiger partial charge is 0.406 e. The van der Waals surface area contributed by atoms with Crippen LogP contribution >= 0.6 is 0 Å². The third-order valence-corrected chi connectivity index (χ3v) is 7.73. The van der Waals surface area contributed by atoms with E-state index in [2.05, 4.69) is 24.8 Å². The van der Waals surface area contributed by atoms with E-state index in [1.807, 2.05) is 0 Å². The summed E-state index contributed by atoms with van der Waals surface area (Å²) in [6, 6.07) is 15.6. The number of hydrogen-bond donors (Lipinski definition) is 1. The maximum atomic E-state index is 13.5. The molecule has 0 bridgehead atoms. The number of nitrogens with zero attached hydrogens (tertiary/aromatic N) is 5. The fourth-order valence-corrected chi connectivity index (χ4v) is 5.10. The van der Waals surface area contributed by atoms with E-state index in [4.69, 9.17) is 0 Å². The first-order valence-electron chi connectivity index (χ1n) is 12.2. The number of imidazole rings is 1. The molecule has 0 fully saturated rings. The number of rotatable bonds is 7. The molecular weight excluding hydrogens is 602 g/mol. The molecule has 16 heteroatoms. The first-order chi connectivity index (χ1) is 20.2. The predicted molar refractivity (Wildman–Crippen MR) is 142 cm³/mol. The SMILES string of the molecule is CNS(=O)(=O)c1cccc(-c2ccc(-n3cc(C(F)(F)F)nc3C)c(-n3nncc3-c3ccc(OC(F)(F)F)cc3)c2)c1. The zero-order valence-corrected chi connectivity index (χ0v) is 23.0. The molecule has 3 aromatic carbocycles. The summed E-state index contributed by atoms with van der Waals surface area (Å²) in [7, 11) is -2.52. The molecule has 0 aliphatic carbocycles. The first-order valence-corrected chi connectivity index (χ1v) is 13.7. The topological polar surface area (TPSA) is 104 Å². The van der Waals surface area contributed by atoms with Gasteiger partial charge in [-0.2, -0.15) is 13.2 Å². The molecule has 1 N–H and O–H groups in total. The minimum Gasteiger partial charge on any atom is -0.406 e. The van der Waals surface area contributed by atoms with Gasteiger partial charge in [0, 0.05) is 11.8 Å². The van der Waals surface area contributed by atoms with E-state index in [1.165, 1.54) is 65.8 Å². The highest BCUT2D eigenvalue weighted by Gasteiger charge is 2.35. The van der Waals surface area contributed by atoms with Gasteiger partial charge < -0.3 is 9.30 Å². The summed E-state index contributed by atoms with van der Waals surface area (Å²) >= 11 is 0. The zero-order valence-electron chi connectivity index (χ0n) is 22.1. The Hall–Kier alpha value is -4.70. The molecule has 0 atom stereocenters. The zero-order chi connectivity index (χ0) is 31.2. The highest BCUT2D eigenvalue weighted by Crippen LogP contribution is 2.35. The second-order valence-electron chi connectivity index (χ2n) is 9.08. The Morgan fingerprint density at radius 2 is 1.53 bits per heavy atom. The second kappa shape index (κ2) is 10.9. The number of aryl methyl sites for hydroxylation is 1. The number of alkyl halides is 6. The molecule has 0 saturated heterocycles. The van der Waals surface area contributed by atoms with Crippen molar-refractivity contribution in [3.63, 3.8) is 0 Å². The molecule has 2 heterocycles. The lowest BCUT2D eigenvalue weighted by Crippen LogP contribution is -2.18. The summed E-state index contributed by atoms with van der Waals surface area (Å²) in [5.74, 6) is -0.443. The normalized spacial score (nSPS) is 12.5.